The van der Waals surface area contributed by atoms with E-state index in [9.17, 15) is 9.18 Å². The first kappa shape index (κ1) is 14.0. The molecule has 2 rings (SSSR count). The zero-order valence-electron chi connectivity index (χ0n) is 11.5. The van der Waals surface area contributed by atoms with E-state index < -0.39 is 5.82 Å². The van der Waals surface area contributed by atoms with Crippen molar-refractivity contribution in [2.45, 2.75) is 38.8 Å². The number of rotatable bonds is 4. The molecule has 3 nitrogen and oxygen atoms in total. The van der Waals surface area contributed by atoms with Crippen LogP contribution in [-0.4, -0.2) is 36.0 Å². The molecule has 1 atom stereocenters. The maximum atomic E-state index is 13.7. The zero-order valence-corrected chi connectivity index (χ0v) is 11.5. The lowest BCUT2D eigenvalue weighted by atomic mass is 10.1. The van der Waals surface area contributed by atoms with Crippen molar-refractivity contribution in [2.24, 2.45) is 0 Å². The number of hydrogen-bond donors (Lipinski definition) is 1. The van der Waals surface area contributed by atoms with Gasteiger partial charge in [-0.25, -0.2) is 4.39 Å². The molecule has 1 N–H and O–H groups in total. The van der Waals surface area contributed by atoms with E-state index in [-0.39, 0.29) is 17.5 Å². The molecule has 0 radical (unpaired) electrons. The number of nitrogens with one attached hydrogen (secondary N) is 1. The Morgan fingerprint density at radius 1 is 1.47 bits per heavy atom. The molecule has 4 heteroatoms. The highest BCUT2D eigenvalue weighted by molar-refractivity contribution is 5.94. The van der Waals surface area contributed by atoms with Gasteiger partial charge < -0.3 is 10.2 Å². The second-order valence-electron chi connectivity index (χ2n) is 5.32. The maximum Gasteiger partial charge on any atom is 0.257 e. The molecule has 1 unspecified atom stereocenters. The number of benzene rings is 1. The smallest absolute Gasteiger partial charge is 0.257 e. The monoisotopic (exact) mass is 264 g/mol. The molecule has 1 aromatic carbocycles. The summed E-state index contributed by atoms with van der Waals surface area (Å²) in [6, 6.07) is 6.58. The van der Waals surface area contributed by atoms with Gasteiger partial charge in [0.05, 0.1) is 5.56 Å². The highest BCUT2D eigenvalue weighted by Gasteiger charge is 2.25. The van der Waals surface area contributed by atoms with Crippen molar-refractivity contribution in [1.82, 2.24) is 10.2 Å². The van der Waals surface area contributed by atoms with Crippen molar-refractivity contribution in [3.05, 3.63) is 35.6 Å². The number of nitrogens with zero attached hydrogens (tertiary/aromatic N) is 1. The fourth-order valence-electron chi connectivity index (χ4n) is 2.47. The first-order chi connectivity index (χ1) is 9.09. The molecule has 1 fully saturated rings. The van der Waals surface area contributed by atoms with Gasteiger partial charge in [0.25, 0.3) is 5.91 Å². The predicted molar refractivity (Wildman–Crippen MR) is 73.6 cm³/mol. The standard InChI is InChI=1S/C15H21FN2O/c1-11(2)18(10-12-6-5-9-17-12)15(19)13-7-3-4-8-14(13)16/h3-4,7-8,11-12,17H,5-6,9-10H2,1-2H3. The summed E-state index contributed by atoms with van der Waals surface area (Å²) in [5.74, 6) is -0.667. The SMILES string of the molecule is CC(C)N(CC1CCCN1)C(=O)c1ccccc1F. The van der Waals surface area contributed by atoms with Crippen LogP contribution in [0.15, 0.2) is 24.3 Å². The first-order valence-electron chi connectivity index (χ1n) is 6.88. The van der Waals surface area contributed by atoms with E-state index in [0.717, 1.165) is 19.4 Å². The number of hydrogen-bond acceptors (Lipinski definition) is 2. The van der Waals surface area contributed by atoms with Crippen LogP contribution >= 0.6 is 0 Å². The third-order valence-electron chi connectivity index (χ3n) is 3.57. The second-order valence-corrected chi connectivity index (χ2v) is 5.32. The molecule has 1 heterocycles. The third-order valence-corrected chi connectivity index (χ3v) is 3.57. The average molecular weight is 264 g/mol. The van der Waals surface area contributed by atoms with Crippen LogP contribution in [-0.2, 0) is 0 Å². The maximum absolute atomic E-state index is 13.7. The molecule has 0 aliphatic carbocycles. The van der Waals surface area contributed by atoms with E-state index in [0.29, 0.717) is 12.6 Å². The molecule has 1 saturated heterocycles. The van der Waals surface area contributed by atoms with E-state index in [4.69, 9.17) is 0 Å². The fraction of sp³-hybridized carbons (Fsp3) is 0.533. The summed E-state index contributed by atoms with van der Waals surface area (Å²) in [5.41, 5.74) is 0.161. The summed E-state index contributed by atoms with van der Waals surface area (Å²) in [5, 5.41) is 3.38. The van der Waals surface area contributed by atoms with Crippen molar-refractivity contribution in [1.29, 1.82) is 0 Å². The molecule has 0 bridgehead atoms. The van der Waals surface area contributed by atoms with E-state index in [1.54, 1.807) is 23.1 Å². The molecule has 0 spiro atoms. The lowest BCUT2D eigenvalue weighted by Crippen LogP contribution is -2.45. The first-order valence-corrected chi connectivity index (χ1v) is 6.88. The summed E-state index contributed by atoms with van der Waals surface area (Å²) in [4.78, 5) is 14.2. The molecule has 19 heavy (non-hydrogen) atoms. The van der Waals surface area contributed by atoms with Gasteiger partial charge in [0.2, 0.25) is 0 Å². The van der Waals surface area contributed by atoms with Crippen molar-refractivity contribution in [3.63, 3.8) is 0 Å². The normalized spacial score (nSPS) is 18.8. The summed E-state index contributed by atoms with van der Waals surface area (Å²) in [6.45, 7) is 5.58. The van der Waals surface area contributed by atoms with Crippen LogP contribution in [0, 0.1) is 5.82 Å². The molecule has 0 saturated carbocycles. The molecule has 1 amide bonds. The van der Waals surface area contributed by atoms with Gasteiger partial charge in [0, 0.05) is 18.6 Å². The lowest BCUT2D eigenvalue weighted by Gasteiger charge is -2.29. The van der Waals surface area contributed by atoms with Crippen LogP contribution in [0.3, 0.4) is 0 Å². The molecular weight excluding hydrogens is 243 g/mol. The quantitative estimate of drug-likeness (QED) is 0.906. The fourth-order valence-corrected chi connectivity index (χ4v) is 2.47. The lowest BCUT2D eigenvalue weighted by molar-refractivity contribution is 0.0684. The summed E-state index contributed by atoms with van der Waals surface area (Å²) < 4.78 is 13.7. The van der Waals surface area contributed by atoms with Gasteiger partial charge in [0.1, 0.15) is 5.82 Å². The minimum Gasteiger partial charge on any atom is -0.335 e. The number of halogens is 1. The van der Waals surface area contributed by atoms with Crippen molar-refractivity contribution < 1.29 is 9.18 Å². The Labute approximate surface area is 113 Å². The van der Waals surface area contributed by atoms with Crippen LogP contribution in [0.2, 0.25) is 0 Å². The van der Waals surface area contributed by atoms with E-state index in [1.165, 1.54) is 6.07 Å². The predicted octanol–water partition coefficient (Wildman–Crippen LogP) is 2.43. The van der Waals surface area contributed by atoms with Gasteiger partial charge in [-0.1, -0.05) is 12.1 Å². The number of carbonyl (C=O) groups excluding carboxylic acids is 1. The van der Waals surface area contributed by atoms with Gasteiger partial charge >= 0.3 is 0 Å². The molecule has 1 aromatic rings. The Kier molecular flexibility index (Phi) is 4.53. The highest BCUT2D eigenvalue weighted by atomic mass is 19.1. The topological polar surface area (TPSA) is 32.3 Å². The average Bonchev–Trinajstić information content (AvgIpc) is 2.88. The largest absolute Gasteiger partial charge is 0.335 e. The van der Waals surface area contributed by atoms with Gasteiger partial charge in [-0.3, -0.25) is 4.79 Å². The van der Waals surface area contributed by atoms with Crippen LogP contribution in [0.25, 0.3) is 0 Å². The highest BCUT2D eigenvalue weighted by Crippen LogP contribution is 2.15. The second kappa shape index (κ2) is 6.15. The van der Waals surface area contributed by atoms with E-state index in [1.807, 2.05) is 13.8 Å². The summed E-state index contributed by atoms with van der Waals surface area (Å²) in [6.07, 6.45) is 2.22. The van der Waals surface area contributed by atoms with Gasteiger partial charge in [-0.2, -0.15) is 0 Å². The third kappa shape index (κ3) is 3.32. The zero-order chi connectivity index (χ0) is 13.8. The van der Waals surface area contributed by atoms with E-state index in [2.05, 4.69) is 5.32 Å². The van der Waals surface area contributed by atoms with Crippen LogP contribution in [0.5, 0.6) is 0 Å². The number of amides is 1. The van der Waals surface area contributed by atoms with Gasteiger partial charge in [-0.05, 0) is 45.4 Å². The molecule has 1 aliphatic heterocycles. The Balaban J connectivity index is 2.14. The number of carbonyl (C=O) groups is 1. The Hall–Kier alpha value is -1.42. The molecule has 1 aliphatic rings. The van der Waals surface area contributed by atoms with Crippen LogP contribution in [0.1, 0.15) is 37.0 Å². The minimum atomic E-state index is -0.447. The molecule has 0 aromatic heterocycles. The van der Waals surface area contributed by atoms with E-state index >= 15 is 0 Å². The van der Waals surface area contributed by atoms with Crippen molar-refractivity contribution >= 4 is 5.91 Å². The minimum absolute atomic E-state index is 0.0644. The van der Waals surface area contributed by atoms with Crippen LogP contribution < -0.4 is 5.32 Å². The Bertz CT molecular complexity index is 442. The Morgan fingerprint density at radius 3 is 2.79 bits per heavy atom. The van der Waals surface area contributed by atoms with Crippen molar-refractivity contribution in [3.8, 4) is 0 Å². The molecule has 104 valence electrons. The van der Waals surface area contributed by atoms with Crippen LogP contribution in [0.4, 0.5) is 4.39 Å². The summed E-state index contributed by atoms with van der Waals surface area (Å²) >= 11 is 0. The van der Waals surface area contributed by atoms with Gasteiger partial charge in [-0.15, -0.1) is 0 Å². The summed E-state index contributed by atoms with van der Waals surface area (Å²) in [7, 11) is 0. The van der Waals surface area contributed by atoms with Gasteiger partial charge in [0.15, 0.2) is 0 Å². The Morgan fingerprint density at radius 2 is 2.21 bits per heavy atom. The van der Waals surface area contributed by atoms with Crippen molar-refractivity contribution in [2.75, 3.05) is 13.1 Å². The molecular formula is C15H21FN2O.